The van der Waals surface area contributed by atoms with E-state index in [0.717, 1.165) is 57.8 Å². The maximum absolute atomic E-state index is 12.5. The van der Waals surface area contributed by atoms with Crippen LogP contribution < -0.4 is 5.32 Å². The largest absolute Gasteiger partial charge is 0.466 e. The summed E-state index contributed by atoms with van der Waals surface area (Å²) in [4.78, 5) is 24.5. The first-order valence-corrected chi connectivity index (χ1v) is 33.9. The molecule has 0 aromatic rings. The van der Waals surface area contributed by atoms with Gasteiger partial charge in [-0.15, -0.1) is 0 Å². The van der Waals surface area contributed by atoms with E-state index in [2.05, 4.69) is 67.8 Å². The number of aliphatic hydroxyl groups is 2. The van der Waals surface area contributed by atoms with Gasteiger partial charge in [0.1, 0.15) is 0 Å². The second kappa shape index (κ2) is 65.3. The zero-order chi connectivity index (χ0) is 55.0. The first-order chi connectivity index (χ1) is 37.5. The fraction of sp³-hybridized carbons (Fsp3) is 0.857. The van der Waals surface area contributed by atoms with Crippen molar-refractivity contribution in [2.75, 3.05) is 13.2 Å². The molecule has 0 saturated carbocycles. The van der Waals surface area contributed by atoms with Gasteiger partial charge in [-0.1, -0.05) is 313 Å². The third-order valence-electron chi connectivity index (χ3n) is 15.6. The Morgan fingerprint density at radius 3 is 1.04 bits per heavy atom. The van der Waals surface area contributed by atoms with Crippen LogP contribution in [0.15, 0.2) is 48.6 Å². The van der Waals surface area contributed by atoms with Gasteiger partial charge < -0.3 is 20.3 Å². The molecule has 446 valence electrons. The Kier molecular flexibility index (Phi) is 63.5. The van der Waals surface area contributed by atoms with Crippen molar-refractivity contribution in [3.05, 3.63) is 48.6 Å². The Bertz CT molecular complexity index is 1270. The van der Waals surface area contributed by atoms with E-state index < -0.39 is 12.1 Å². The standard InChI is InChI=1S/C70H131NO5/c1-3-5-7-9-11-13-15-17-38-42-46-50-54-58-62-68(73)67(66-72)71-69(74)63-59-55-51-47-43-39-36-34-32-30-28-26-24-22-20-19-21-23-25-27-29-31-33-35-37-41-45-49-53-57-61-65-76-70(75)64-60-56-52-48-44-40-18-16-14-12-10-8-6-4-2/h10,12,16,18,21,23,27,29,67-68,72-73H,3-9,11,13-15,17,19-20,22,24-26,28,30-66H2,1-2H3,(H,71,74)/b12-10-,18-16-,23-21-,29-27-. The number of allylic oxidation sites excluding steroid dienone is 8. The molecule has 0 rings (SSSR count). The summed E-state index contributed by atoms with van der Waals surface area (Å²) in [7, 11) is 0. The number of rotatable bonds is 63. The molecular weight excluding hydrogens is 935 g/mol. The number of amides is 1. The first kappa shape index (κ1) is 73.8. The zero-order valence-corrected chi connectivity index (χ0v) is 51.0. The number of hydrogen-bond donors (Lipinski definition) is 3. The predicted molar refractivity (Wildman–Crippen MR) is 333 cm³/mol. The highest BCUT2D eigenvalue weighted by atomic mass is 16.5. The van der Waals surface area contributed by atoms with Crippen molar-refractivity contribution in [2.24, 2.45) is 0 Å². The van der Waals surface area contributed by atoms with Crippen molar-refractivity contribution >= 4 is 11.9 Å². The van der Waals surface area contributed by atoms with Gasteiger partial charge in [0.05, 0.1) is 25.4 Å². The normalized spacial score (nSPS) is 12.8. The molecule has 1 amide bonds. The summed E-state index contributed by atoms with van der Waals surface area (Å²) in [6, 6.07) is -0.541. The highest BCUT2D eigenvalue weighted by Gasteiger charge is 2.20. The third kappa shape index (κ3) is 61.0. The second-order valence-corrected chi connectivity index (χ2v) is 23.1. The number of unbranched alkanes of at least 4 members (excludes halogenated alkanes) is 44. The van der Waals surface area contributed by atoms with Gasteiger partial charge >= 0.3 is 5.97 Å². The summed E-state index contributed by atoms with van der Waals surface area (Å²) < 4.78 is 5.47. The van der Waals surface area contributed by atoms with Gasteiger partial charge in [-0.25, -0.2) is 0 Å². The van der Waals surface area contributed by atoms with E-state index in [1.807, 2.05) is 0 Å². The molecule has 6 heteroatoms. The lowest BCUT2D eigenvalue weighted by Crippen LogP contribution is -2.45. The number of aliphatic hydroxyl groups excluding tert-OH is 2. The molecule has 0 fully saturated rings. The third-order valence-corrected chi connectivity index (χ3v) is 15.6. The first-order valence-electron chi connectivity index (χ1n) is 33.9. The Balaban J connectivity index is 3.39. The van der Waals surface area contributed by atoms with E-state index in [4.69, 9.17) is 4.74 Å². The number of carbonyl (C=O) groups is 2. The lowest BCUT2D eigenvalue weighted by Gasteiger charge is -2.22. The quantitative estimate of drug-likeness (QED) is 0.0320. The average Bonchev–Trinajstić information content (AvgIpc) is 3.42. The van der Waals surface area contributed by atoms with Gasteiger partial charge in [0.2, 0.25) is 5.91 Å². The Labute approximate surface area is 474 Å². The van der Waals surface area contributed by atoms with Gasteiger partial charge in [-0.3, -0.25) is 9.59 Å². The van der Waals surface area contributed by atoms with Crippen LogP contribution in [0.1, 0.15) is 361 Å². The fourth-order valence-electron chi connectivity index (χ4n) is 10.4. The van der Waals surface area contributed by atoms with E-state index in [0.29, 0.717) is 25.9 Å². The minimum Gasteiger partial charge on any atom is -0.466 e. The van der Waals surface area contributed by atoms with E-state index in [1.54, 1.807) is 0 Å². The van der Waals surface area contributed by atoms with Crippen molar-refractivity contribution in [3.8, 4) is 0 Å². The molecule has 0 aromatic heterocycles. The highest BCUT2D eigenvalue weighted by Crippen LogP contribution is 2.18. The Morgan fingerprint density at radius 1 is 0.368 bits per heavy atom. The smallest absolute Gasteiger partial charge is 0.305 e. The SMILES string of the molecule is CCCC/C=C\C/C=C\CCCCCCCC(=O)OCCCCCCCCCCC/C=C\C/C=C\CCCCCCCCCCCCCCCCCC(=O)NC(CO)C(O)CCCCCCCCCCCCCCCC. The molecule has 0 bridgehead atoms. The summed E-state index contributed by atoms with van der Waals surface area (Å²) in [6.45, 7) is 4.92. The van der Waals surface area contributed by atoms with Gasteiger partial charge in [0, 0.05) is 12.8 Å². The van der Waals surface area contributed by atoms with Crippen molar-refractivity contribution in [2.45, 2.75) is 373 Å². The average molecular weight is 1070 g/mol. The molecule has 0 saturated heterocycles. The molecule has 0 aliphatic heterocycles. The molecule has 2 atom stereocenters. The fourth-order valence-corrected chi connectivity index (χ4v) is 10.4. The molecule has 0 aliphatic carbocycles. The van der Waals surface area contributed by atoms with E-state index in [-0.39, 0.29) is 18.5 Å². The van der Waals surface area contributed by atoms with Crippen molar-refractivity contribution < 1.29 is 24.5 Å². The van der Waals surface area contributed by atoms with E-state index >= 15 is 0 Å². The van der Waals surface area contributed by atoms with Crippen molar-refractivity contribution in [3.63, 3.8) is 0 Å². The van der Waals surface area contributed by atoms with Crippen LogP contribution >= 0.6 is 0 Å². The van der Waals surface area contributed by atoms with Gasteiger partial charge in [0.15, 0.2) is 0 Å². The highest BCUT2D eigenvalue weighted by molar-refractivity contribution is 5.76. The maximum Gasteiger partial charge on any atom is 0.305 e. The van der Waals surface area contributed by atoms with Gasteiger partial charge in [0.25, 0.3) is 0 Å². The van der Waals surface area contributed by atoms with Crippen LogP contribution in [0.4, 0.5) is 0 Å². The zero-order valence-electron chi connectivity index (χ0n) is 51.0. The summed E-state index contributed by atoms with van der Waals surface area (Å²) in [5.74, 6) is -0.0346. The topological polar surface area (TPSA) is 95.9 Å². The van der Waals surface area contributed by atoms with Crippen LogP contribution in [-0.2, 0) is 14.3 Å². The van der Waals surface area contributed by atoms with Gasteiger partial charge in [-0.05, 0) is 83.5 Å². The van der Waals surface area contributed by atoms with Crippen molar-refractivity contribution in [1.29, 1.82) is 0 Å². The molecule has 0 spiro atoms. The molecule has 6 nitrogen and oxygen atoms in total. The lowest BCUT2D eigenvalue weighted by molar-refractivity contribution is -0.143. The van der Waals surface area contributed by atoms with Crippen LogP contribution in [0.2, 0.25) is 0 Å². The molecule has 0 aliphatic rings. The summed E-state index contributed by atoms with van der Waals surface area (Å²) in [6.07, 6.45) is 84.4. The molecule has 0 radical (unpaired) electrons. The monoisotopic (exact) mass is 1070 g/mol. The number of carbonyl (C=O) groups excluding carboxylic acids is 2. The van der Waals surface area contributed by atoms with Crippen LogP contribution in [-0.4, -0.2) is 47.4 Å². The van der Waals surface area contributed by atoms with E-state index in [9.17, 15) is 19.8 Å². The number of ether oxygens (including phenoxy) is 1. The Hall–Kier alpha value is -2.18. The van der Waals surface area contributed by atoms with Gasteiger partial charge in [-0.2, -0.15) is 0 Å². The number of nitrogens with one attached hydrogen (secondary N) is 1. The predicted octanol–water partition coefficient (Wildman–Crippen LogP) is 21.7. The van der Waals surface area contributed by atoms with Crippen LogP contribution in [0, 0.1) is 0 Å². The number of hydrogen-bond acceptors (Lipinski definition) is 5. The summed E-state index contributed by atoms with van der Waals surface area (Å²) in [5, 5.41) is 23.3. The molecule has 0 heterocycles. The Morgan fingerprint density at radius 2 is 0.671 bits per heavy atom. The lowest BCUT2D eigenvalue weighted by atomic mass is 10.0. The van der Waals surface area contributed by atoms with Crippen LogP contribution in [0.5, 0.6) is 0 Å². The summed E-state index contributed by atoms with van der Waals surface area (Å²) in [5.41, 5.74) is 0. The van der Waals surface area contributed by atoms with Crippen LogP contribution in [0.25, 0.3) is 0 Å². The minimum atomic E-state index is -0.664. The molecule has 2 unspecified atom stereocenters. The van der Waals surface area contributed by atoms with Crippen LogP contribution in [0.3, 0.4) is 0 Å². The second-order valence-electron chi connectivity index (χ2n) is 23.1. The van der Waals surface area contributed by atoms with Crippen molar-refractivity contribution in [1.82, 2.24) is 5.32 Å². The molecule has 0 aromatic carbocycles. The molecule has 3 N–H and O–H groups in total. The summed E-state index contributed by atoms with van der Waals surface area (Å²) >= 11 is 0. The molecular formula is C70H131NO5. The number of esters is 1. The minimum absolute atomic E-state index is 0.00160. The molecule has 76 heavy (non-hydrogen) atoms. The van der Waals surface area contributed by atoms with E-state index in [1.165, 1.54) is 270 Å². The maximum atomic E-state index is 12.5.